The lowest BCUT2D eigenvalue weighted by atomic mass is 10.1. The van der Waals surface area contributed by atoms with Gasteiger partial charge in [-0.1, -0.05) is 32.0 Å². The van der Waals surface area contributed by atoms with Gasteiger partial charge in [-0.25, -0.2) is 0 Å². The minimum atomic E-state index is -0.188. The first kappa shape index (κ1) is 17.8. The number of hydrogen-bond donors (Lipinski definition) is 2. The fourth-order valence-corrected chi connectivity index (χ4v) is 2.52. The van der Waals surface area contributed by atoms with Gasteiger partial charge in [-0.15, -0.1) is 0 Å². The number of hydrogen-bond acceptors (Lipinski definition) is 3. The van der Waals surface area contributed by atoms with E-state index in [9.17, 15) is 9.59 Å². The van der Waals surface area contributed by atoms with Crippen LogP contribution in [0, 0.1) is 19.8 Å². The maximum Gasteiger partial charge on any atom is 0.268 e. The van der Waals surface area contributed by atoms with Crippen molar-refractivity contribution in [1.29, 1.82) is 0 Å². The molecule has 5 nitrogen and oxygen atoms in total. The molecule has 128 valence electrons. The van der Waals surface area contributed by atoms with Gasteiger partial charge in [-0.3, -0.25) is 9.59 Å². The lowest BCUT2D eigenvalue weighted by Crippen LogP contribution is -2.28. The van der Waals surface area contributed by atoms with Crippen LogP contribution in [0.2, 0.25) is 0 Å². The number of ether oxygens (including phenoxy) is 1. The van der Waals surface area contributed by atoms with Crippen molar-refractivity contribution in [2.45, 2.75) is 27.7 Å². The van der Waals surface area contributed by atoms with Crippen LogP contribution >= 0.6 is 0 Å². The number of ketones is 1. The number of para-hydroxylation sites is 1. The zero-order chi connectivity index (χ0) is 17.7. The Morgan fingerprint density at radius 1 is 1.17 bits per heavy atom. The number of Topliss-reactive ketones (excluding diaryl/α,β-unsaturated/α-hetero) is 1. The summed E-state index contributed by atoms with van der Waals surface area (Å²) in [5, 5.41) is 2.86. The number of benzene rings is 1. The highest BCUT2D eigenvalue weighted by Gasteiger charge is 2.22. The molecule has 1 heterocycles. The van der Waals surface area contributed by atoms with Crippen LogP contribution in [0.1, 0.15) is 46.0 Å². The largest absolute Gasteiger partial charge is 0.485 e. The third kappa shape index (κ3) is 4.25. The van der Waals surface area contributed by atoms with Gasteiger partial charge in [0.1, 0.15) is 11.4 Å². The van der Waals surface area contributed by atoms with Crippen LogP contribution in [-0.2, 0) is 0 Å². The maximum absolute atomic E-state index is 12.5. The molecule has 1 amide bonds. The standard InChI is InChI=1S/C19H24N2O3/c1-12(2)10-20-19(23)18-13(3)17(14(4)21-18)16(22)11-24-15-8-6-5-7-9-15/h5-9,12,21H,10-11H2,1-4H3,(H,20,23). The van der Waals surface area contributed by atoms with Crippen LogP contribution < -0.4 is 10.1 Å². The SMILES string of the molecule is Cc1[nH]c(C(=O)NCC(C)C)c(C)c1C(=O)COc1ccccc1. The first-order valence-corrected chi connectivity index (χ1v) is 8.08. The van der Waals surface area contributed by atoms with E-state index in [4.69, 9.17) is 4.74 Å². The summed E-state index contributed by atoms with van der Waals surface area (Å²) in [6, 6.07) is 9.19. The highest BCUT2D eigenvalue weighted by atomic mass is 16.5. The number of nitrogens with one attached hydrogen (secondary N) is 2. The van der Waals surface area contributed by atoms with E-state index in [1.54, 1.807) is 26.0 Å². The summed E-state index contributed by atoms with van der Waals surface area (Å²) in [6.07, 6.45) is 0. The molecule has 0 aliphatic rings. The number of aromatic nitrogens is 1. The van der Waals surface area contributed by atoms with Gasteiger partial charge in [-0.2, -0.15) is 0 Å². The predicted octanol–water partition coefficient (Wildman–Crippen LogP) is 3.28. The van der Waals surface area contributed by atoms with Crippen molar-refractivity contribution in [3.8, 4) is 5.75 Å². The molecule has 0 saturated heterocycles. The number of rotatable bonds is 7. The van der Waals surface area contributed by atoms with E-state index in [0.29, 0.717) is 40.7 Å². The van der Waals surface area contributed by atoms with Crippen LogP contribution in [0.4, 0.5) is 0 Å². The van der Waals surface area contributed by atoms with E-state index in [-0.39, 0.29) is 18.3 Å². The molecule has 0 atom stereocenters. The number of H-pyrrole nitrogens is 1. The lowest BCUT2D eigenvalue weighted by Gasteiger charge is -2.08. The van der Waals surface area contributed by atoms with E-state index in [1.807, 2.05) is 32.0 Å². The van der Waals surface area contributed by atoms with Gasteiger partial charge >= 0.3 is 0 Å². The van der Waals surface area contributed by atoms with Crippen molar-refractivity contribution in [1.82, 2.24) is 10.3 Å². The van der Waals surface area contributed by atoms with Gasteiger partial charge in [0.2, 0.25) is 5.78 Å². The molecule has 2 aromatic rings. The minimum Gasteiger partial charge on any atom is -0.485 e. The molecule has 1 aromatic heterocycles. The number of carbonyl (C=O) groups is 2. The van der Waals surface area contributed by atoms with Crippen LogP contribution in [0.15, 0.2) is 30.3 Å². The Kier molecular flexibility index (Phi) is 5.79. The second-order valence-corrected chi connectivity index (χ2v) is 6.25. The molecule has 0 fully saturated rings. The number of aryl methyl sites for hydroxylation is 1. The zero-order valence-corrected chi connectivity index (χ0v) is 14.6. The highest BCUT2D eigenvalue weighted by Crippen LogP contribution is 2.19. The smallest absolute Gasteiger partial charge is 0.268 e. The van der Waals surface area contributed by atoms with Crippen LogP contribution in [0.3, 0.4) is 0 Å². The highest BCUT2D eigenvalue weighted by molar-refractivity contribution is 6.04. The second kappa shape index (κ2) is 7.81. The summed E-state index contributed by atoms with van der Waals surface area (Å²) in [5.41, 5.74) is 2.32. The molecule has 0 radical (unpaired) electrons. The number of amides is 1. The van der Waals surface area contributed by atoms with Gasteiger partial charge in [0.15, 0.2) is 6.61 Å². The average molecular weight is 328 g/mol. The molecule has 0 saturated carbocycles. The molecular weight excluding hydrogens is 304 g/mol. The molecule has 0 bridgehead atoms. The summed E-state index contributed by atoms with van der Waals surface area (Å²) in [7, 11) is 0. The molecule has 24 heavy (non-hydrogen) atoms. The Balaban J connectivity index is 2.10. The summed E-state index contributed by atoms with van der Waals surface area (Å²) in [5.74, 6) is 0.678. The number of carbonyl (C=O) groups excluding carboxylic acids is 2. The van der Waals surface area contributed by atoms with E-state index >= 15 is 0 Å². The molecule has 2 N–H and O–H groups in total. The van der Waals surface area contributed by atoms with Crippen molar-refractivity contribution in [3.05, 3.63) is 52.8 Å². The zero-order valence-electron chi connectivity index (χ0n) is 14.6. The first-order valence-electron chi connectivity index (χ1n) is 8.08. The Hall–Kier alpha value is -2.56. The van der Waals surface area contributed by atoms with E-state index in [0.717, 1.165) is 0 Å². The molecule has 0 spiro atoms. The van der Waals surface area contributed by atoms with Gasteiger partial charge < -0.3 is 15.0 Å². The number of aromatic amines is 1. The van der Waals surface area contributed by atoms with Gasteiger partial charge in [-0.05, 0) is 37.5 Å². The van der Waals surface area contributed by atoms with Crippen molar-refractivity contribution in [2.75, 3.05) is 13.2 Å². The van der Waals surface area contributed by atoms with Gasteiger partial charge in [0.05, 0.1) is 0 Å². The first-order chi connectivity index (χ1) is 11.4. The summed E-state index contributed by atoms with van der Waals surface area (Å²) in [6.45, 7) is 8.17. The Morgan fingerprint density at radius 2 is 1.83 bits per heavy atom. The molecule has 5 heteroatoms. The van der Waals surface area contributed by atoms with Crippen LogP contribution in [0.25, 0.3) is 0 Å². The van der Waals surface area contributed by atoms with E-state index in [2.05, 4.69) is 10.3 Å². The molecular formula is C19H24N2O3. The minimum absolute atomic E-state index is 0.0589. The van der Waals surface area contributed by atoms with E-state index in [1.165, 1.54) is 0 Å². The van der Waals surface area contributed by atoms with Crippen molar-refractivity contribution in [3.63, 3.8) is 0 Å². The third-order valence-corrected chi connectivity index (χ3v) is 3.73. The van der Waals surface area contributed by atoms with Crippen LogP contribution in [-0.4, -0.2) is 29.8 Å². The lowest BCUT2D eigenvalue weighted by molar-refractivity contribution is 0.0920. The average Bonchev–Trinajstić information content (AvgIpc) is 2.86. The van der Waals surface area contributed by atoms with Crippen molar-refractivity contribution in [2.24, 2.45) is 5.92 Å². The Morgan fingerprint density at radius 3 is 2.46 bits per heavy atom. The summed E-state index contributed by atoms with van der Waals surface area (Å²) in [4.78, 5) is 27.8. The summed E-state index contributed by atoms with van der Waals surface area (Å²) < 4.78 is 5.52. The van der Waals surface area contributed by atoms with Crippen molar-refractivity contribution < 1.29 is 14.3 Å². The summed E-state index contributed by atoms with van der Waals surface area (Å²) >= 11 is 0. The van der Waals surface area contributed by atoms with Gasteiger partial charge in [0.25, 0.3) is 5.91 Å². The predicted molar refractivity (Wildman–Crippen MR) is 93.7 cm³/mol. The molecule has 0 unspecified atom stereocenters. The maximum atomic E-state index is 12.5. The molecule has 0 aliphatic carbocycles. The second-order valence-electron chi connectivity index (χ2n) is 6.25. The normalized spacial score (nSPS) is 10.7. The third-order valence-electron chi connectivity index (χ3n) is 3.73. The molecule has 0 aliphatic heterocycles. The Bertz CT molecular complexity index is 718. The monoisotopic (exact) mass is 328 g/mol. The molecule has 2 rings (SSSR count). The topological polar surface area (TPSA) is 71.2 Å². The fraction of sp³-hybridized carbons (Fsp3) is 0.368. The quantitative estimate of drug-likeness (QED) is 0.766. The van der Waals surface area contributed by atoms with Crippen molar-refractivity contribution >= 4 is 11.7 Å². The van der Waals surface area contributed by atoms with Crippen LogP contribution in [0.5, 0.6) is 5.75 Å². The van der Waals surface area contributed by atoms with Gasteiger partial charge in [0, 0.05) is 17.8 Å². The molecule has 1 aromatic carbocycles. The Labute approximate surface area is 142 Å². The van der Waals surface area contributed by atoms with E-state index < -0.39 is 0 Å². The fourth-order valence-electron chi connectivity index (χ4n) is 2.52.